The number of allylic oxidation sites excluding steroid dienone is 3. The van der Waals surface area contributed by atoms with Gasteiger partial charge in [-0.2, -0.15) is 0 Å². The average molecular weight is 324 g/mol. The molecule has 3 rings (SSSR count). The molecular weight excluding hydrogens is 304 g/mol. The zero-order chi connectivity index (χ0) is 17.1. The molecule has 2 N–H and O–H groups in total. The number of nitrogens with zero attached hydrogens (tertiary/aromatic N) is 1. The number of carboxylic acids is 1. The minimum atomic E-state index is -0.997. The molecular formula is C19H20N2O3. The third-order valence-corrected chi connectivity index (χ3v) is 3.99. The molecule has 0 spiro atoms. The van der Waals surface area contributed by atoms with Crippen molar-refractivity contribution in [2.24, 2.45) is 0 Å². The van der Waals surface area contributed by atoms with Crippen LogP contribution >= 0.6 is 0 Å². The minimum Gasteiger partial charge on any atom is -0.493 e. The van der Waals surface area contributed by atoms with E-state index in [1.165, 1.54) is 5.56 Å². The summed E-state index contributed by atoms with van der Waals surface area (Å²) in [5.41, 5.74) is 3.64. The van der Waals surface area contributed by atoms with Crippen molar-refractivity contribution in [3.8, 4) is 5.75 Å². The number of ether oxygens (including phenoxy) is 1. The second kappa shape index (κ2) is 6.66. The first kappa shape index (κ1) is 15.9. The lowest BCUT2D eigenvalue weighted by atomic mass is 10.1. The smallest absolute Gasteiger partial charge is 0.355 e. The van der Waals surface area contributed by atoms with E-state index in [0.29, 0.717) is 17.9 Å². The molecule has 0 amide bonds. The van der Waals surface area contributed by atoms with E-state index in [9.17, 15) is 9.90 Å². The van der Waals surface area contributed by atoms with Crippen molar-refractivity contribution in [2.45, 2.75) is 19.9 Å². The summed E-state index contributed by atoms with van der Waals surface area (Å²) in [6, 6.07) is 6.06. The number of carboxylic acid groups (broad SMARTS) is 1. The van der Waals surface area contributed by atoms with Gasteiger partial charge in [-0.25, -0.2) is 4.79 Å². The Hall–Kier alpha value is -2.95. The number of benzene rings is 1. The number of rotatable bonds is 5. The van der Waals surface area contributed by atoms with Crippen LogP contribution in [0.25, 0.3) is 0 Å². The maximum Gasteiger partial charge on any atom is 0.355 e. The molecule has 0 saturated heterocycles. The Balaban J connectivity index is 1.82. The maximum absolute atomic E-state index is 11.7. The summed E-state index contributed by atoms with van der Waals surface area (Å²) in [5.74, 6) is -0.0548. The number of nitrogens with one attached hydrogen (secondary N) is 1. The van der Waals surface area contributed by atoms with Gasteiger partial charge in [-0.05, 0) is 36.3 Å². The summed E-state index contributed by atoms with van der Waals surface area (Å²) < 4.78 is 5.51. The molecule has 0 saturated carbocycles. The molecule has 24 heavy (non-hydrogen) atoms. The summed E-state index contributed by atoms with van der Waals surface area (Å²) in [5, 5.41) is 12.8. The molecule has 1 aromatic carbocycles. The fourth-order valence-electron chi connectivity index (χ4n) is 2.84. The minimum absolute atomic E-state index is 0.171. The van der Waals surface area contributed by atoms with E-state index < -0.39 is 5.97 Å². The van der Waals surface area contributed by atoms with Gasteiger partial charge in [-0.1, -0.05) is 24.8 Å². The molecule has 1 aromatic rings. The lowest BCUT2D eigenvalue weighted by Crippen LogP contribution is -2.29. The molecule has 0 aromatic heterocycles. The fraction of sp³-hybridized carbons (Fsp3) is 0.211. The van der Waals surface area contributed by atoms with E-state index in [0.717, 1.165) is 24.3 Å². The molecule has 0 bridgehead atoms. The van der Waals surface area contributed by atoms with E-state index in [1.54, 1.807) is 29.3 Å². The highest BCUT2D eigenvalue weighted by atomic mass is 16.5. The molecule has 0 fully saturated rings. The summed E-state index contributed by atoms with van der Waals surface area (Å²) in [6.07, 6.45) is 7.95. The van der Waals surface area contributed by atoms with Gasteiger partial charge in [0.1, 0.15) is 5.75 Å². The van der Waals surface area contributed by atoms with Gasteiger partial charge in [-0.3, -0.25) is 0 Å². The summed E-state index contributed by atoms with van der Waals surface area (Å²) in [7, 11) is 0. The highest BCUT2D eigenvalue weighted by molar-refractivity contribution is 5.88. The molecule has 2 aliphatic rings. The van der Waals surface area contributed by atoms with E-state index in [4.69, 9.17) is 4.74 Å². The van der Waals surface area contributed by atoms with Crippen LogP contribution in [0.3, 0.4) is 0 Å². The van der Waals surface area contributed by atoms with Crippen molar-refractivity contribution < 1.29 is 14.6 Å². The largest absolute Gasteiger partial charge is 0.493 e. The zero-order valence-corrected chi connectivity index (χ0v) is 13.6. The standard InChI is InChI=1S/C19H20N2O3/c1-3-9-21-13(2)4-6-16(18(21)19(22)23)20-12-14-5-7-17-15(11-14)8-10-24-17/h3-7,9,11,20H,2,8,10,12H2,1H3,(H,22,23)/b9-3-. The van der Waals surface area contributed by atoms with Gasteiger partial charge >= 0.3 is 5.97 Å². The van der Waals surface area contributed by atoms with Gasteiger partial charge in [0.25, 0.3) is 0 Å². The maximum atomic E-state index is 11.7. The molecule has 5 nitrogen and oxygen atoms in total. The van der Waals surface area contributed by atoms with Crippen LogP contribution in [0, 0.1) is 0 Å². The second-order valence-electron chi connectivity index (χ2n) is 5.64. The summed E-state index contributed by atoms with van der Waals surface area (Å²) in [4.78, 5) is 13.3. The van der Waals surface area contributed by atoms with Crippen LogP contribution < -0.4 is 10.1 Å². The van der Waals surface area contributed by atoms with Crippen LogP contribution in [-0.4, -0.2) is 22.6 Å². The Morgan fingerprint density at radius 3 is 3.04 bits per heavy atom. The Morgan fingerprint density at radius 1 is 1.46 bits per heavy atom. The Kier molecular flexibility index (Phi) is 4.42. The number of aliphatic carboxylic acids is 1. The average Bonchev–Trinajstić information content (AvgIpc) is 3.02. The monoisotopic (exact) mass is 324 g/mol. The van der Waals surface area contributed by atoms with E-state index >= 15 is 0 Å². The molecule has 5 heteroatoms. The van der Waals surface area contributed by atoms with Crippen LogP contribution in [0.1, 0.15) is 18.1 Å². The first-order chi connectivity index (χ1) is 11.6. The van der Waals surface area contributed by atoms with E-state index in [2.05, 4.69) is 18.0 Å². The third-order valence-electron chi connectivity index (χ3n) is 3.99. The summed E-state index contributed by atoms with van der Waals surface area (Å²) >= 11 is 0. The van der Waals surface area contributed by atoms with Crippen LogP contribution in [-0.2, 0) is 17.8 Å². The predicted octanol–water partition coefficient (Wildman–Crippen LogP) is 2.93. The Morgan fingerprint density at radius 2 is 2.29 bits per heavy atom. The van der Waals surface area contributed by atoms with Crippen LogP contribution in [0.4, 0.5) is 0 Å². The topological polar surface area (TPSA) is 61.8 Å². The molecule has 0 atom stereocenters. The van der Waals surface area contributed by atoms with Gasteiger partial charge in [0.05, 0.1) is 12.3 Å². The summed E-state index contributed by atoms with van der Waals surface area (Å²) in [6.45, 7) is 6.99. The van der Waals surface area contributed by atoms with Crippen LogP contribution in [0.5, 0.6) is 5.75 Å². The van der Waals surface area contributed by atoms with Crippen molar-refractivity contribution in [3.63, 3.8) is 0 Å². The van der Waals surface area contributed by atoms with Crippen molar-refractivity contribution >= 4 is 5.97 Å². The van der Waals surface area contributed by atoms with Crippen molar-refractivity contribution in [3.05, 3.63) is 77.4 Å². The number of carbonyl (C=O) groups is 1. The number of hydrogen-bond acceptors (Lipinski definition) is 4. The fourth-order valence-corrected chi connectivity index (χ4v) is 2.84. The highest BCUT2D eigenvalue weighted by Crippen LogP contribution is 2.27. The van der Waals surface area contributed by atoms with E-state index in [-0.39, 0.29) is 5.70 Å². The molecule has 0 aliphatic carbocycles. The Labute approximate surface area is 141 Å². The molecule has 0 unspecified atom stereocenters. The first-order valence-corrected chi connectivity index (χ1v) is 7.85. The second-order valence-corrected chi connectivity index (χ2v) is 5.64. The van der Waals surface area contributed by atoms with Crippen molar-refractivity contribution in [1.82, 2.24) is 10.2 Å². The number of hydrogen-bond donors (Lipinski definition) is 2. The molecule has 0 radical (unpaired) electrons. The molecule has 2 heterocycles. The normalized spacial score (nSPS) is 16.5. The van der Waals surface area contributed by atoms with Crippen LogP contribution in [0.15, 0.2) is 66.3 Å². The first-order valence-electron chi connectivity index (χ1n) is 7.85. The van der Waals surface area contributed by atoms with Crippen LogP contribution in [0.2, 0.25) is 0 Å². The SMILES string of the molecule is C=C1C=CC(NCc2ccc3c(c2)CCO3)=C(C(=O)O)N1/C=C\C. The zero-order valence-electron chi connectivity index (χ0n) is 13.6. The van der Waals surface area contributed by atoms with E-state index in [1.807, 2.05) is 19.1 Å². The third kappa shape index (κ3) is 3.06. The highest BCUT2D eigenvalue weighted by Gasteiger charge is 2.23. The predicted molar refractivity (Wildman–Crippen MR) is 92.1 cm³/mol. The lowest BCUT2D eigenvalue weighted by Gasteiger charge is -2.27. The quantitative estimate of drug-likeness (QED) is 0.872. The molecule has 124 valence electrons. The van der Waals surface area contributed by atoms with Crippen molar-refractivity contribution in [1.29, 1.82) is 0 Å². The Bertz CT molecular complexity index is 775. The van der Waals surface area contributed by atoms with Gasteiger partial charge in [0, 0.05) is 24.9 Å². The van der Waals surface area contributed by atoms with Gasteiger partial charge in [0.15, 0.2) is 5.70 Å². The van der Waals surface area contributed by atoms with Crippen molar-refractivity contribution in [2.75, 3.05) is 6.61 Å². The van der Waals surface area contributed by atoms with Gasteiger partial charge < -0.3 is 20.1 Å². The number of fused-ring (bicyclic) bond motifs is 1. The lowest BCUT2D eigenvalue weighted by molar-refractivity contribution is -0.134. The molecule has 2 aliphatic heterocycles. The van der Waals surface area contributed by atoms with Gasteiger partial charge in [-0.15, -0.1) is 0 Å². The van der Waals surface area contributed by atoms with Gasteiger partial charge in [0.2, 0.25) is 0 Å².